The van der Waals surface area contributed by atoms with Crippen molar-refractivity contribution in [1.82, 2.24) is 0 Å². The zero-order chi connectivity index (χ0) is 57.6. The van der Waals surface area contributed by atoms with E-state index in [9.17, 15) is 14.7 Å². The molecule has 0 aliphatic rings. The molecule has 0 aromatic carbocycles. The zero-order valence-corrected chi connectivity index (χ0v) is 52.0. The van der Waals surface area contributed by atoms with E-state index in [1.54, 1.807) is 0 Å². The quantitative estimate of drug-likeness (QED) is 0.0373. The van der Waals surface area contributed by atoms with Gasteiger partial charge in [-0.2, -0.15) is 0 Å². The number of allylic oxidation sites excluding steroid dienone is 24. The Morgan fingerprint density at radius 2 is 0.500 bits per heavy atom. The fourth-order valence-corrected chi connectivity index (χ4v) is 9.21. The Balaban J connectivity index is 3.51. The number of hydrogen-bond acceptors (Lipinski definition) is 5. The lowest BCUT2D eigenvalue weighted by atomic mass is 10.0. The standard InChI is InChI=1S/C75H124O5/c1-3-5-7-9-11-13-15-17-19-21-23-25-27-29-31-32-33-34-35-36-37-38-39-40-41-42-44-45-47-49-51-53-55-57-59-61-63-65-67-69-74(77)79-72-73(71-76)80-75(78)70-68-66-64-62-60-58-56-54-52-50-48-46-43-30-28-26-24-22-20-18-16-14-12-10-8-6-4-2/h5-8,11-14,17-20,23-26,30,43,48,50,54,56,60,62,73,76H,3-4,9-10,15-16,21-22,27-29,31-42,44-47,49,51-53,55,57-59,61,63-72H2,1-2H3/b7-5-,8-6-,13-11-,14-12-,19-17-,20-18-,25-23-,26-24-,43-30-,50-48-,56-54-,62-60-. The van der Waals surface area contributed by atoms with Crippen molar-refractivity contribution < 1.29 is 24.2 Å². The van der Waals surface area contributed by atoms with Crippen LogP contribution < -0.4 is 0 Å². The number of ether oxygens (including phenoxy) is 2. The van der Waals surface area contributed by atoms with E-state index >= 15 is 0 Å². The van der Waals surface area contributed by atoms with Gasteiger partial charge < -0.3 is 14.6 Å². The van der Waals surface area contributed by atoms with Gasteiger partial charge in [0.25, 0.3) is 0 Å². The fourth-order valence-electron chi connectivity index (χ4n) is 9.21. The van der Waals surface area contributed by atoms with E-state index in [1.807, 2.05) is 0 Å². The second-order valence-corrected chi connectivity index (χ2v) is 21.8. The summed E-state index contributed by atoms with van der Waals surface area (Å²) < 4.78 is 10.7. The lowest BCUT2D eigenvalue weighted by molar-refractivity contribution is -0.161. The van der Waals surface area contributed by atoms with Crippen LogP contribution in [0, 0.1) is 0 Å². The Bertz CT molecular complexity index is 1680. The van der Waals surface area contributed by atoms with Crippen molar-refractivity contribution in [1.29, 1.82) is 0 Å². The van der Waals surface area contributed by atoms with Crippen molar-refractivity contribution in [2.75, 3.05) is 13.2 Å². The minimum absolute atomic E-state index is 0.0891. The summed E-state index contributed by atoms with van der Waals surface area (Å²) in [5.41, 5.74) is 0. The summed E-state index contributed by atoms with van der Waals surface area (Å²) in [6, 6.07) is 0. The molecule has 0 radical (unpaired) electrons. The molecule has 1 unspecified atom stereocenters. The minimum Gasteiger partial charge on any atom is -0.462 e. The monoisotopic (exact) mass is 1100 g/mol. The van der Waals surface area contributed by atoms with E-state index in [0.29, 0.717) is 12.8 Å². The lowest BCUT2D eigenvalue weighted by Crippen LogP contribution is -2.28. The van der Waals surface area contributed by atoms with Gasteiger partial charge in [-0.3, -0.25) is 9.59 Å². The number of unbranched alkanes of at least 4 members (excludes halogenated alkanes) is 28. The molecule has 0 aromatic rings. The predicted octanol–water partition coefficient (Wildman–Crippen LogP) is 23.3. The maximum absolute atomic E-state index is 12.3. The first-order valence-corrected chi connectivity index (χ1v) is 33.4. The highest BCUT2D eigenvalue weighted by molar-refractivity contribution is 5.70. The second kappa shape index (κ2) is 69.1. The minimum atomic E-state index is -0.805. The summed E-state index contributed by atoms with van der Waals surface area (Å²) >= 11 is 0. The summed E-state index contributed by atoms with van der Waals surface area (Å²) in [4.78, 5) is 24.6. The molecule has 0 spiro atoms. The van der Waals surface area contributed by atoms with Crippen molar-refractivity contribution in [3.05, 3.63) is 146 Å². The van der Waals surface area contributed by atoms with Crippen molar-refractivity contribution in [3.8, 4) is 0 Å². The second-order valence-electron chi connectivity index (χ2n) is 21.8. The average molecular weight is 1110 g/mol. The lowest BCUT2D eigenvalue weighted by Gasteiger charge is -2.15. The van der Waals surface area contributed by atoms with Crippen LogP contribution in [0.5, 0.6) is 0 Å². The van der Waals surface area contributed by atoms with Gasteiger partial charge in [0.15, 0.2) is 6.10 Å². The first-order valence-electron chi connectivity index (χ1n) is 33.4. The molecule has 454 valence electrons. The molecular weight excluding hydrogens is 981 g/mol. The Labute approximate surface area is 495 Å². The van der Waals surface area contributed by atoms with Gasteiger partial charge in [-0.15, -0.1) is 0 Å². The van der Waals surface area contributed by atoms with Crippen molar-refractivity contribution in [2.24, 2.45) is 0 Å². The first kappa shape index (κ1) is 75.8. The molecule has 0 aromatic heterocycles. The van der Waals surface area contributed by atoms with Crippen LogP contribution in [-0.4, -0.2) is 36.4 Å². The molecule has 0 aliphatic heterocycles. The summed E-state index contributed by atoms with van der Waals surface area (Å²) in [6.07, 6.45) is 104. The largest absolute Gasteiger partial charge is 0.462 e. The average Bonchev–Trinajstić information content (AvgIpc) is 3.46. The molecule has 0 saturated carbocycles. The zero-order valence-electron chi connectivity index (χ0n) is 52.0. The highest BCUT2D eigenvalue weighted by Crippen LogP contribution is 2.17. The van der Waals surface area contributed by atoms with Crippen LogP contribution in [0.3, 0.4) is 0 Å². The number of carbonyl (C=O) groups is 2. The molecule has 1 atom stereocenters. The van der Waals surface area contributed by atoms with E-state index < -0.39 is 6.10 Å². The summed E-state index contributed by atoms with van der Waals surface area (Å²) in [5.74, 6) is -0.640. The SMILES string of the molecule is CC/C=C\C/C=C\C/C=C\C/C=C\C/C=C\C/C=C\C/C=C\C/C=C\CCCCC(=O)OC(CO)COC(=O)CCCCCCCCCCCCCCCCCCCCCCCCCCCC/C=C\C/C=C\C/C=C\C/C=C\CC. The van der Waals surface area contributed by atoms with Crippen LogP contribution in [-0.2, 0) is 19.1 Å². The molecule has 1 N–H and O–H groups in total. The number of hydrogen-bond donors (Lipinski definition) is 1. The number of carbonyl (C=O) groups excluding carboxylic acids is 2. The highest BCUT2D eigenvalue weighted by Gasteiger charge is 2.16. The maximum Gasteiger partial charge on any atom is 0.306 e. The third-order valence-electron chi connectivity index (χ3n) is 14.1. The molecule has 0 saturated heterocycles. The van der Waals surface area contributed by atoms with Crippen molar-refractivity contribution >= 4 is 11.9 Å². The number of esters is 2. The highest BCUT2D eigenvalue weighted by atomic mass is 16.6. The molecular formula is C75H124O5. The molecule has 0 amide bonds. The van der Waals surface area contributed by atoms with Gasteiger partial charge in [0.05, 0.1) is 6.61 Å². The summed E-state index contributed by atoms with van der Waals surface area (Å²) in [7, 11) is 0. The smallest absolute Gasteiger partial charge is 0.306 e. The van der Waals surface area contributed by atoms with Gasteiger partial charge in [-0.1, -0.05) is 314 Å². The van der Waals surface area contributed by atoms with Gasteiger partial charge in [0.2, 0.25) is 0 Å². The molecule has 0 rings (SSSR count). The maximum atomic E-state index is 12.3. The third kappa shape index (κ3) is 66.3. The molecule has 0 aliphatic carbocycles. The predicted molar refractivity (Wildman–Crippen MR) is 352 cm³/mol. The van der Waals surface area contributed by atoms with Crippen LogP contribution in [0.2, 0.25) is 0 Å². The van der Waals surface area contributed by atoms with E-state index in [2.05, 4.69) is 160 Å². The van der Waals surface area contributed by atoms with Gasteiger partial charge in [-0.05, 0) is 116 Å². The molecule has 80 heavy (non-hydrogen) atoms. The third-order valence-corrected chi connectivity index (χ3v) is 14.1. The number of aliphatic hydroxyl groups is 1. The number of aliphatic hydroxyl groups excluding tert-OH is 1. The van der Waals surface area contributed by atoms with Gasteiger partial charge in [-0.25, -0.2) is 0 Å². The molecule has 0 heterocycles. The van der Waals surface area contributed by atoms with Crippen LogP contribution in [0.4, 0.5) is 0 Å². The molecule has 5 nitrogen and oxygen atoms in total. The normalized spacial score (nSPS) is 13.2. The first-order chi connectivity index (χ1) is 39.6. The Kier molecular flexibility index (Phi) is 65.4. The molecule has 0 bridgehead atoms. The van der Waals surface area contributed by atoms with Crippen molar-refractivity contribution in [2.45, 2.75) is 302 Å². The van der Waals surface area contributed by atoms with Gasteiger partial charge in [0.1, 0.15) is 6.61 Å². The van der Waals surface area contributed by atoms with E-state index in [-0.39, 0.29) is 25.2 Å². The van der Waals surface area contributed by atoms with Crippen LogP contribution >= 0.6 is 0 Å². The van der Waals surface area contributed by atoms with Crippen LogP contribution in [0.1, 0.15) is 296 Å². The van der Waals surface area contributed by atoms with E-state index in [4.69, 9.17) is 9.47 Å². The Hall–Kier alpha value is -4.22. The Morgan fingerprint density at radius 1 is 0.287 bits per heavy atom. The van der Waals surface area contributed by atoms with E-state index in [0.717, 1.165) is 116 Å². The summed E-state index contributed by atoms with van der Waals surface area (Å²) in [6.45, 7) is 3.89. The van der Waals surface area contributed by atoms with Crippen molar-refractivity contribution in [3.63, 3.8) is 0 Å². The topological polar surface area (TPSA) is 72.8 Å². The fraction of sp³-hybridized carbons (Fsp3) is 0.653. The Morgan fingerprint density at radius 3 is 0.775 bits per heavy atom. The van der Waals surface area contributed by atoms with Crippen LogP contribution in [0.25, 0.3) is 0 Å². The van der Waals surface area contributed by atoms with Gasteiger partial charge >= 0.3 is 11.9 Å². The summed E-state index contributed by atoms with van der Waals surface area (Å²) in [5, 5.41) is 9.68. The molecule has 0 fully saturated rings. The van der Waals surface area contributed by atoms with E-state index in [1.165, 1.54) is 154 Å². The van der Waals surface area contributed by atoms with Gasteiger partial charge in [0, 0.05) is 12.8 Å². The molecule has 5 heteroatoms. The van der Waals surface area contributed by atoms with Crippen LogP contribution in [0.15, 0.2) is 146 Å². The number of rotatable bonds is 60.